The van der Waals surface area contributed by atoms with Crippen LogP contribution in [-0.4, -0.2) is 36.6 Å². The number of ketones is 1. The molecule has 0 spiro atoms. The van der Waals surface area contributed by atoms with Gasteiger partial charge >= 0.3 is 6.18 Å². The molecule has 7 nitrogen and oxygen atoms in total. The van der Waals surface area contributed by atoms with Gasteiger partial charge < -0.3 is 15.5 Å². The minimum Gasteiger partial charge on any atom is -0.368 e. The van der Waals surface area contributed by atoms with Crippen molar-refractivity contribution in [3.05, 3.63) is 66.4 Å². The van der Waals surface area contributed by atoms with Crippen molar-refractivity contribution in [3.63, 3.8) is 0 Å². The molecule has 1 fully saturated rings. The lowest BCUT2D eigenvalue weighted by molar-refractivity contribution is -0.140. The van der Waals surface area contributed by atoms with Crippen LogP contribution in [-0.2, 0) is 6.18 Å². The lowest BCUT2D eigenvalue weighted by atomic mass is 9.92. The summed E-state index contributed by atoms with van der Waals surface area (Å²) in [6.07, 6.45) is 5.72. The van der Waals surface area contributed by atoms with E-state index in [4.69, 9.17) is 5.73 Å². The summed E-state index contributed by atoms with van der Waals surface area (Å²) in [5, 5.41) is 3.31. The number of aromatic nitrogens is 4. The summed E-state index contributed by atoms with van der Waals surface area (Å²) >= 11 is 0. The minimum atomic E-state index is -4.43. The first-order chi connectivity index (χ1) is 16.7. The van der Waals surface area contributed by atoms with Gasteiger partial charge in [-0.3, -0.25) is 9.20 Å². The molecular weight excluding hydrogens is 457 g/mol. The first-order valence-corrected chi connectivity index (χ1v) is 11.7. The molecule has 0 saturated heterocycles. The summed E-state index contributed by atoms with van der Waals surface area (Å²) < 4.78 is 41.6. The van der Waals surface area contributed by atoms with Gasteiger partial charge in [0.25, 0.3) is 0 Å². The van der Waals surface area contributed by atoms with E-state index in [1.807, 2.05) is 30.6 Å². The fourth-order valence-electron chi connectivity index (χ4n) is 3.87. The monoisotopic (exact) mass is 488 g/mol. The number of fused-ring (bicyclic) bond motifs is 2. The molecule has 4 heterocycles. The number of rotatable bonds is 3. The van der Waals surface area contributed by atoms with E-state index in [9.17, 15) is 18.0 Å². The summed E-state index contributed by atoms with van der Waals surface area (Å²) in [4.78, 5) is 18.7. The quantitative estimate of drug-likeness (QED) is 0.367. The summed E-state index contributed by atoms with van der Waals surface area (Å²) in [6.45, 7) is 5.55. The summed E-state index contributed by atoms with van der Waals surface area (Å²) in [5.41, 5.74) is 6.79. The fraction of sp³-hybridized carbons (Fsp3) is 0.400. The molecule has 4 aromatic rings. The van der Waals surface area contributed by atoms with Crippen molar-refractivity contribution in [2.24, 2.45) is 5.73 Å². The second-order valence-corrected chi connectivity index (χ2v) is 8.18. The predicted octanol–water partition coefficient (Wildman–Crippen LogP) is 5.60. The molecule has 0 bridgehead atoms. The van der Waals surface area contributed by atoms with Gasteiger partial charge in [0.05, 0.1) is 0 Å². The highest BCUT2D eigenvalue weighted by Crippen LogP contribution is 2.30. The fourth-order valence-corrected chi connectivity index (χ4v) is 3.87. The van der Waals surface area contributed by atoms with Crippen molar-refractivity contribution < 1.29 is 18.0 Å². The number of nitrogens with two attached hydrogens (primary N) is 1. The normalized spacial score (nSPS) is 17.8. The highest BCUT2D eigenvalue weighted by atomic mass is 19.4. The number of anilines is 1. The molecule has 35 heavy (non-hydrogen) atoms. The Labute approximate surface area is 202 Å². The number of halogens is 3. The molecule has 0 aromatic carbocycles. The average Bonchev–Trinajstić information content (AvgIpc) is 3.49. The Morgan fingerprint density at radius 3 is 2.46 bits per heavy atom. The SMILES string of the molecule is CC.CC(=O)c1ccn2ccnc2c1.NC1CCC(Nc2cccc3nc(C(F)(F)F)cn23)CC1. The van der Waals surface area contributed by atoms with Crippen molar-refractivity contribution in [1.29, 1.82) is 0 Å². The highest BCUT2D eigenvalue weighted by Gasteiger charge is 2.34. The van der Waals surface area contributed by atoms with Crippen LogP contribution in [0.2, 0.25) is 0 Å². The minimum absolute atomic E-state index is 0.0699. The number of carbonyl (C=O) groups excluding carboxylic acids is 1. The van der Waals surface area contributed by atoms with E-state index >= 15 is 0 Å². The molecular formula is C25H31F3N6O. The van der Waals surface area contributed by atoms with E-state index < -0.39 is 11.9 Å². The number of carbonyl (C=O) groups is 1. The van der Waals surface area contributed by atoms with Gasteiger partial charge in [-0.1, -0.05) is 19.9 Å². The number of hydrogen-bond acceptors (Lipinski definition) is 5. The maximum absolute atomic E-state index is 12.7. The molecule has 0 unspecified atom stereocenters. The third-order valence-corrected chi connectivity index (χ3v) is 5.71. The second-order valence-electron chi connectivity index (χ2n) is 8.18. The first-order valence-electron chi connectivity index (χ1n) is 11.7. The zero-order chi connectivity index (χ0) is 25.6. The van der Waals surface area contributed by atoms with Gasteiger partial charge in [-0.05, 0) is 56.9 Å². The van der Waals surface area contributed by atoms with Gasteiger partial charge in [-0.15, -0.1) is 0 Å². The Hall–Kier alpha value is -3.40. The molecule has 0 radical (unpaired) electrons. The van der Waals surface area contributed by atoms with E-state index in [0.29, 0.717) is 17.0 Å². The molecule has 0 aliphatic heterocycles. The molecule has 3 N–H and O–H groups in total. The van der Waals surface area contributed by atoms with Crippen LogP contribution in [0.5, 0.6) is 0 Å². The van der Waals surface area contributed by atoms with Crippen molar-refractivity contribution in [1.82, 2.24) is 18.8 Å². The van der Waals surface area contributed by atoms with Crippen molar-refractivity contribution in [2.45, 2.75) is 64.7 Å². The first kappa shape index (κ1) is 26.2. The predicted molar refractivity (Wildman–Crippen MR) is 131 cm³/mol. The molecule has 1 saturated carbocycles. The van der Waals surface area contributed by atoms with Crippen LogP contribution in [0.3, 0.4) is 0 Å². The van der Waals surface area contributed by atoms with Crippen LogP contribution in [0.4, 0.5) is 19.0 Å². The van der Waals surface area contributed by atoms with Crippen LogP contribution in [0.15, 0.2) is 55.1 Å². The smallest absolute Gasteiger partial charge is 0.368 e. The van der Waals surface area contributed by atoms with Gasteiger partial charge in [0.1, 0.15) is 17.1 Å². The maximum Gasteiger partial charge on any atom is 0.434 e. The zero-order valence-electron chi connectivity index (χ0n) is 20.1. The number of nitrogens with zero attached hydrogens (tertiary/aromatic N) is 4. The topological polar surface area (TPSA) is 89.7 Å². The second kappa shape index (κ2) is 11.4. The molecule has 4 aromatic heterocycles. The van der Waals surface area contributed by atoms with Crippen molar-refractivity contribution in [3.8, 4) is 0 Å². The molecule has 0 amide bonds. The molecule has 5 rings (SSSR count). The van der Waals surface area contributed by atoms with Gasteiger partial charge in [-0.2, -0.15) is 13.2 Å². The Kier molecular flexibility index (Phi) is 8.50. The summed E-state index contributed by atoms with van der Waals surface area (Å²) in [7, 11) is 0. The molecule has 0 atom stereocenters. The zero-order valence-corrected chi connectivity index (χ0v) is 20.1. The Bertz CT molecular complexity index is 1260. The van der Waals surface area contributed by atoms with E-state index in [-0.39, 0.29) is 17.9 Å². The van der Waals surface area contributed by atoms with E-state index in [2.05, 4.69) is 15.3 Å². The molecule has 188 valence electrons. The molecule has 10 heteroatoms. The number of hydrogen-bond donors (Lipinski definition) is 2. The van der Waals surface area contributed by atoms with Crippen molar-refractivity contribution in [2.75, 3.05) is 5.32 Å². The lowest BCUT2D eigenvalue weighted by Gasteiger charge is -2.27. The summed E-state index contributed by atoms with van der Waals surface area (Å²) in [6, 6.07) is 9.09. The van der Waals surface area contributed by atoms with Crippen LogP contribution in [0, 0.1) is 0 Å². The number of pyridine rings is 2. The molecule has 1 aliphatic carbocycles. The van der Waals surface area contributed by atoms with Crippen molar-refractivity contribution >= 4 is 22.9 Å². The number of Topliss-reactive ketones (excluding diaryl/α,β-unsaturated/α-hetero) is 1. The van der Waals surface area contributed by atoms with E-state index in [1.165, 1.54) is 4.40 Å². The van der Waals surface area contributed by atoms with Gasteiger partial charge in [-0.25, -0.2) is 9.97 Å². The van der Waals surface area contributed by atoms with Crippen LogP contribution in [0.25, 0.3) is 11.3 Å². The largest absolute Gasteiger partial charge is 0.434 e. The average molecular weight is 489 g/mol. The van der Waals surface area contributed by atoms with Gasteiger partial charge in [0, 0.05) is 42.4 Å². The third kappa shape index (κ3) is 6.60. The number of nitrogens with one attached hydrogen (secondary N) is 1. The van der Waals surface area contributed by atoms with Gasteiger partial charge in [0.15, 0.2) is 11.5 Å². The third-order valence-electron chi connectivity index (χ3n) is 5.71. The number of imidazole rings is 2. The Morgan fingerprint density at radius 1 is 1.09 bits per heavy atom. The van der Waals surface area contributed by atoms with Gasteiger partial charge in [0.2, 0.25) is 0 Å². The van der Waals surface area contributed by atoms with E-state index in [0.717, 1.165) is 37.5 Å². The van der Waals surface area contributed by atoms with Crippen LogP contribution >= 0.6 is 0 Å². The Balaban J connectivity index is 0.000000207. The lowest BCUT2D eigenvalue weighted by Crippen LogP contribution is -2.33. The highest BCUT2D eigenvalue weighted by molar-refractivity contribution is 5.94. The number of alkyl halides is 3. The summed E-state index contributed by atoms with van der Waals surface area (Å²) in [5.74, 6) is 0.705. The standard InChI is InChI=1S/C14H17F3N4.C9H8N2O.C2H6/c15-14(16,17)11-8-21-12(2-1-3-13(21)20-11)19-10-6-4-9(18)5-7-10;1-7(12)8-2-4-11-5-3-10-9(11)6-8;1-2/h1-3,8-10,19H,4-7,18H2;2-6H,1H3;1-2H3. The Morgan fingerprint density at radius 2 is 1.80 bits per heavy atom. The van der Waals surface area contributed by atoms with E-state index in [1.54, 1.807) is 43.5 Å². The molecule has 1 aliphatic rings. The maximum atomic E-state index is 12.7. The van der Waals surface area contributed by atoms with Crippen LogP contribution in [0.1, 0.15) is 62.5 Å². The van der Waals surface area contributed by atoms with Crippen LogP contribution < -0.4 is 11.1 Å².